The lowest BCUT2D eigenvalue weighted by Crippen LogP contribution is -2.14. The predicted molar refractivity (Wildman–Crippen MR) is 45.1 cm³/mol. The molecule has 2 nitrogen and oxygen atoms in total. The maximum atomic E-state index is 10.8. The van der Waals surface area contributed by atoms with Crippen molar-refractivity contribution in [1.82, 2.24) is 5.32 Å². The first-order chi connectivity index (χ1) is 5.27. The van der Waals surface area contributed by atoms with Crippen LogP contribution in [0.2, 0.25) is 0 Å². The van der Waals surface area contributed by atoms with E-state index < -0.39 is 0 Å². The molecule has 1 unspecified atom stereocenters. The summed E-state index contributed by atoms with van der Waals surface area (Å²) in [5.74, 6) is 0.501. The van der Waals surface area contributed by atoms with Crippen LogP contribution in [0.4, 0.5) is 0 Å². The van der Waals surface area contributed by atoms with Crippen LogP contribution < -0.4 is 5.32 Å². The molecule has 0 aromatic heterocycles. The molecule has 0 bridgehead atoms. The zero-order chi connectivity index (χ0) is 8.27. The third-order valence-electron chi connectivity index (χ3n) is 2.02. The van der Waals surface area contributed by atoms with Gasteiger partial charge in [-0.3, -0.25) is 4.79 Å². The van der Waals surface area contributed by atoms with Gasteiger partial charge in [-0.15, -0.1) is 0 Å². The van der Waals surface area contributed by atoms with Gasteiger partial charge in [-0.25, -0.2) is 0 Å². The molecule has 1 heterocycles. The molecule has 1 aliphatic rings. The van der Waals surface area contributed by atoms with E-state index in [1.165, 1.54) is 5.57 Å². The molecule has 0 radical (unpaired) electrons. The molecule has 1 atom stereocenters. The van der Waals surface area contributed by atoms with Crippen molar-refractivity contribution in [3.63, 3.8) is 0 Å². The summed E-state index contributed by atoms with van der Waals surface area (Å²) in [6.07, 6.45) is 4.45. The standard InChI is InChI=1S/C9H13NO/c1-3-7(4-2)8-5-9(11)10-6-8/h3-4,8H,1,5-6H2,2H3,(H,10,11)/b7-4+. The Kier molecular flexibility index (Phi) is 2.47. The van der Waals surface area contributed by atoms with Crippen molar-refractivity contribution in [3.05, 3.63) is 24.3 Å². The fourth-order valence-corrected chi connectivity index (χ4v) is 1.36. The summed E-state index contributed by atoms with van der Waals surface area (Å²) in [6, 6.07) is 0. The molecule has 1 rings (SSSR count). The molecule has 0 aliphatic carbocycles. The zero-order valence-electron chi connectivity index (χ0n) is 6.76. The smallest absolute Gasteiger partial charge is 0.220 e. The van der Waals surface area contributed by atoms with Crippen LogP contribution >= 0.6 is 0 Å². The van der Waals surface area contributed by atoms with Crippen molar-refractivity contribution in [2.75, 3.05) is 6.54 Å². The number of carbonyl (C=O) groups excluding carboxylic acids is 1. The van der Waals surface area contributed by atoms with Crippen LogP contribution in [0.3, 0.4) is 0 Å². The largest absolute Gasteiger partial charge is 0.355 e. The third-order valence-corrected chi connectivity index (χ3v) is 2.02. The first-order valence-electron chi connectivity index (χ1n) is 3.83. The summed E-state index contributed by atoms with van der Waals surface area (Å²) < 4.78 is 0. The van der Waals surface area contributed by atoms with E-state index in [0.29, 0.717) is 12.3 Å². The van der Waals surface area contributed by atoms with Crippen LogP contribution in [-0.2, 0) is 4.79 Å². The van der Waals surface area contributed by atoms with E-state index >= 15 is 0 Å². The van der Waals surface area contributed by atoms with E-state index in [0.717, 1.165) is 6.54 Å². The molecular formula is C9H13NO. The van der Waals surface area contributed by atoms with Gasteiger partial charge >= 0.3 is 0 Å². The Hall–Kier alpha value is -1.05. The first kappa shape index (κ1) is 8.05. The fourth-order valence-electron chi connectivity index (χ4n) is 1.36. The van der Waals surface area contributed by atoms with Crippen molar-refractivity contribution < 1.29 is 4.79 Å². The maximum Gasteiger partial charge on any atom is 0.220 e. The van der Waals surface area contributed by atoms with Crippen LogP contribution in [0.25, 0.3) is 0 Å². The summed E-state index contributed by atoms with van der Waals surface area (Å²) in [7, 11) is 0. The maximum absolute atomic E-state index is 10.8. The van der Waals surface area contributed by atoms with Gasteiger partial charge in [-0.1, -0.05) is 18.7 Å². The van der Waals surface area contributed by atoms with Crippen LogP contribution in [-0.4, -0.2) is 12.5 Å². The highest BCUT2D eigenvalue weighted by Crippen LogP contribution is 2.19. The summed E-state index contributed by atoms with van der Waals surface area (Å²) in [4.78, 5) is 10.8. The normalized spacial score (nSPS) is 25.0. The van der Waals surface area contributed by atoms with Crippen LogP contribution in [0, 0.1) is 5.92 Å². The van der Waals surface area contributed by atoms with Gasteiger partial charge in [0, 0.05) is 18.9 Å². The Bertz CT molecular complexity index is 206. The molecule has 0 spiro atoms. The van der Waals surface area contributed by atoms with Gasteiger partial charge in [0.05, 0.1) is 0 Å². The van der Waals surface area contributed by atoms with Crippen LogP contribution in [0.15, 0.2) is 24.3 Å². The van der Waals surface area contributed by atoms with E-state index in [4.69, 9.17) is 0 Å². The number of allylic oxidation sites excluding steroid dienone is 2. The minimum atomic E-state index is 0.149. The second-order valence-electron chi connectivity index (χ2n) is 2.70. The quantitative estimate of drug-likeness (QED) is 0.591. The monoisotopic (exact) mass is 151 g/mol. The van der Waals surface area contributed by atoms with Gasteiger partial charge in [-0.05, 0) is 12.5 Å². The third kappa shape index (κ3) is 1.70. The molecule has 1 amide bonds. The van der Waals surface area contributed by atoms with Gasteiger partial charge in [0.25, 0.3) is 0 Å². The van der Waals surface area contributed by atoms with Crippen molar-refractivity contribution in [1.29, 1.82) is 0 Å². The molecule has 1 N–H and O–H groups in total. The molecule has 0 saturated carbocycles. The average Bonchev–Trinajstić information content (AvgIpc) is 2.39. The number of hydrogen-bond acceptors (Lipinski definition) is 1. The molecule has 1 aliphatic heterocycles. The molecule has 0 aromatic carbocycles. The van der Waals surface area contributed by atoms with Gasteiger partial charge in [0.15, 0.2) is 0 Å². The van der Waals surface area contributed by atoms with Gasteiger partial charge < -0.3 is 5.32 Å². The molecule has 1 fully saturated rings. The second kappa shape index (κ2) is 3.37. The molecular weight excluding hydrogens is 138 g/mol. The van der Waals surface area contributed by atoms with Crippen molar-refractivity contribution >= 4 is 5.91 Å². The lowest BCUT2D eigenvalue weighted by atomic mass is 9.98. The minimum Gasteiger partial charge on any atom is -0.355 e. The summed E-state index contributed by atoms with van der Waals surface area (Å²) in [5.41, 5.74) is 1.17. The summed E-state index contributed by atoms with van der Waals surface area (Å²) in [6.45, 7) is 6.43. The number of rotatable bonds is 2. The zero-order valence-corrected chi connectivity index (χ0v) is 6.76. The van der Waals surface area contributed by atoms with Crippen molar-refractivity contribution in [2.24, 2.45) is 5.92 Å². The van der Waals surface area contributed by atoms with Gasteiger partial charge in [0.1, 0.15) is 0 Å². The van der Waals surface area contributed by atoms with E-state index in [9.17, 15) is 4.79 Å². The van der Waals surface area contributed by atoms with Crippen LogP contribution in [0.5, 0.6) is 0 Å². The Morgan fingerprint density at radius 3 is 2.91 bits per heavy atom. The van der Waals surface area contributed by atoms with Crippen molar-refractivity contribution in [2.45, 2.75) is 13.3 Å². The van der Waals surface area contributed by atoms with E-state index in [1.807, 2.05) is 19.1 Å². The number of carbonyl (C=O) groups is 1. The number of hydrogen-bond donors (Lipinski definition) is 1. The number of amides is 1. The Morgan fingerprint density at radius 2 is 2.55 bits per heavy atom. The highest BCUT2D eigenvalue weighted by atomic mass is 16.1. The lowest BCUT2D eigenvalue weighted by Gasteiger charge is -2.06. The number of nitrogens with one attached hydrogen (secondary N) is 1. The predicted octanol–water partition coefficient (Wildman–Crippen LogP) is 1.25. The van der Waals surface area contributed by atoms with E-state index in [1.54, 1.807) is 0 Å². The highest BCUT2D eigenvalue weighted by Gasteiger charge is 2.22. The second-order valence-corrected chi connectivity index (χ2v) is 2.70. The van der Waals surface area contributed by atoms with Gasteiger partial charge in [-0.2, -0.15) is 0 Å². The fraction of sp³-hybridized carbons (Fsp3) is 0.444. The first-order valence-corrected chi connectivity index (χ1v) is 3.83. The highest BCUT2D eigenvalue weighted by molar-refractivity contribution is 5.79. The average molecular weight is 151 g/mol. The lowest BCUT2D eigenvalue weighted by molar-refractivity contribution is -0.119. The van der Waals surface area contributed by atoms with Crippen molar-refractivity contribution in [3.8, 4) is 0 Å². The summed E-state index contributed by atoms with van der Waals surface area (Å²) >= 11 is 0. The molecule has 11 heavy (non-hydrogen) atoms. The SMILES string of the molecule is C=C/C(=C\C)C1CNC(=O)C1. The Labute approximate surface area is 67.0 Å². The Morgan fingerprint density at radius 1 is 1.82 bits per heavy atom. The minimum absolute atomic E-state index is 0.149. The topological polar surface area (TPSA) is 29.1 Å². The molecule has 60 valence electrons. The molecule has 1 saturated heterocycles. The van der Waals surface area contributed by atoms with Gasteiger partial charge in [0.2, 0.25) is 5.91 Å². The van der Waals surface area contributed by atoms with E-state index in [2.05, 4.69) is 11.9 Å². The Balaban J connectivity index is 2.61. The van der Waals surface area contributed by atoms with E-state index in [-0.39, 0.29) is 5.91 Å². The molecule has 2 heteroatoms. The summed E-state index contributed by atoms with van der Waals surface area (Å²) in [5, 5.41) is 2.79. The van der Waals surface area contributed by atoms with Crippen LogP contribution in [0.1, 0.15) is 13.3 Å². The molecule has 0 aromatic rings.